The number of rotatable bonds is 4. The highest BCUT2D eigenvalue weighted by Gasteiger charge is 2.14. The molecule has 0 aliphatic rings. The number of nitrogens with one attached hydrogen (secondary N) is 2. The molecule has 6 nitrogen and oxygen atoms in total. The molecule has 0 spiro atoms. The van der Waals surface area contributed by atoms with Gasteiger partial charge in [-0.25, -0.2) is 19.0 Å². The highest BCUT2D eigenvalue weighted by molar-refractivity contribution is 7.09. The van der Waals surface area contributed by atoms with Crippen molar-refractivity contribution < 1.29 is 19.1 Å². The number of aromatic nitrogens is 1. The molecule has 2 rings (SSSR count). The van der Waals surface area contributed by atoms with Gasteiger partial charge in [-0.05, 0) is 25.1 Å². The van der Waals surface area contributed by atoms with Gasteiger partial charge in [0.1, 0.15) is 10.8 Å². The molecule has 8 heteroatoms. The van der Waals surface area contributed by atoms with Crippen molar-refractivity contribution in [1.29, 1.82) is 0 Å². The summed E-state index contributed by atoms with van der Waals surface area (Å²) in [6.07, 6.45) is 1.63. The standard InChI is InChI=1S/C13H12FN3O3S/c1-7(11-15-4-5-21-11)16-13(20)17-8-2-3-10(14)9(6-8)12(18)19/h2-7H,1H3,(H,18,19)(H2,16,17,20). The Labute approximate surface area is 123 Å². The summed E-state index contributed by atoms with van der Waals surface area (Å²) in [6, 6.07) is 2.52. The molecule has 1 aromatic heterocycles. The molecule has 0 aliphatic heterocycles. The summed E-state index contributed by atoms with van der Waals surface area (Å²) in [5.41, 5.74) is -0.307. The van der Waals surface area contributed by atoms with Crippen LogP contribution in [0.3, 0.4) is 0 Å². The Balaban J connectivity index is 2.03. The predicted molar refractivity (Wildman–Crippen MR) is 76.0 cm³/mol. The Kier molecular flexibility index (Phi) is 4.49. The molecule has 0 saturated carbocycles. The first-order chi connectivity index (χ1) is 9.97. The number of carbonyl (C=O) groups excluding carboxylic acids is 1. The monoisotopic (exact) mass is 309 g/mol. The molecule has 110 valence electrons. The number of carbonyl (C=O) groups is 2. The zero-order chi connectivity index (χ0) is 15.4. The van der Waals surface area contributed by atoms with E-state index in [0.717, 1.165) is 17.1 Å². The van der Waals surface area contributed by atoms with E-state index in [9.17, 15) is 14.0 Å². The molecular formula is C13H12FN3O3S. The lowest BCUT2D eigenvalue weighted by atomic mass is 10.2. The highest BCUT2D eigenvalue weighted by atomic mass is 32.1. The summed E-state index contributed by atoms with van der Waals surface area (Å²) in [6.45, 7) is 1.77. The molecule has 0 fully saturated rings. The second-order valence-electron chi connectivity index (χ2n) is 4.19. The SMILES string of the molecule is CC(NC(=O)Nc1ccc(F)c(C(=O)O)c1)c1nccs1. The van der Waals surface area contributed by atoms with Gasteiger partial charge in [0.2, 0.25) is 0 Å². The van der Waals surface area contributed by atoms with Gasteiger partial charge in [0.15, 0.2) is 0 Å². The largest absolute Gasteiger partial charge is 0.478 e. The molecule has 2 aromatic rings. The zero-order valence-electron chi connectivity index (χ0n) is 11.0. The maximum Gasteiger partial charge on any atom is 0.338 e. The number of aromatic carboxylic acids is 1. The van der Waals surface area contributed by atoms with Crippen LogP contribution in [-0.4, -0.2) is 22.1 Å². The van der Waals surface area contributed by atoms with E-state index in [0.29, 0.717) is 0 Å². The van der Waals surface area contributed by atoms with E-state index >= 15 is 0 Å². The van der Waals surface area contributed by atoms with Gasteiger partial charge in [0.25, 0.3) is 0 Å². The Morgan fingerprint density at radius 2 is 2.19 bits per heavy atom. The molecular weight excluding hydrogens is 297 g/mol. The summed E-state index contributed by atoms with van der Waals surface area (Å²) in [7, 11) is 0. The number of halogens is 1. The molecule has 1 unspecified atom stereocenters. The topological polar surface area (TPSA) is 91.3 Å². The smallest absolute Gasteiger partial charge is 0.338 e. The molecule has 2 amide bonds. The van der Waals surface area contributed by atoms with Crippen molar-refractivity contribution >= 4 is 29.0 Å². The molecule has 1 atom stereocenters. The molecule has 0 aliphatic carbocycles. The molecule has 0 bridgehead atoms. The number of carboxylic acids is 1. The van der Waals surface area contributed by atoms with Crippen molar-refractivity contribution in [3.8, 4) is 0 Å². The number of hydrogen-bond donors (Lipinski definition) is 3. The maximum absolute atomic E-state index is 13.2. The van der Waals surface area contributed by atoms with Crippen LogP contribution in [0.25, 0.3) is 0 Å². The average Bonchev–Trinajstić information content (AvgIpc) is 2.94. The van der Waals surface area contributed by atoms with Crippen molar-refractivity contribution in [2.45, 2.75) is 13.0 Å². The van der Waals surface area contributed by atoms with E-state index in [4.69, 9.17) is 5.11 Å². The third-order valence-electron chi connectivity index (χ3n) is 2.62. The minimum Gasteiger partial charge on any atom is -0.478 e. The lowest BCUT2D eigenvalue weighted by Gasteiger charge is -2.12. The van der Waals surface area contributed by atoms with Crippen LogP contribution in [0.1, 0.15) is 28.3 Å². The van der Waals surface area contributed by atoms with E-state index in [1.165, 1.54) is 17.4 Å². The van der Waals surface area contributed by atoms with Gasteiger partial charge in [-0.1, -0.05) is 0 Å². The normalized spacial score (nSPS) is 11.7. The molecule has 1 heterocycles. The lowest BCUT2D eigenvalue weighted by molar-refractivity contribution is 0.0692. The minimum atomic E-state index is -1.40. The summed E-state index contributed by atoms with van der Waals surface area (Å²) >= 11 is 1.41. The predicted octanol–water partition coefficient (Wildman–Crippen LogP) is 2.86. The average molecular weight is 309 g/mol. The minimum absolute atomic E-state index is 0.192. The fourth-order valence-electron chi connectivity index (χ4n) is 1.64. The maximum atomic E-state index is 13.2. The van der Waals surface area contributed by atoms with Crippen LogP contribution in [0.2, 0.25) is 0 Å². The van der Waals surface area contributed by atoms with Crippen molar-refractivity contribution in [2.24, 2.45) is 0 Å². The molecule has 0 radical (unpaired) electrons. The number of carboxylic acid groups (broad SMARTS) is 1. The number of nitrogens with zero attached hydrogens (tertiary/aromatic N) is 1. The van der Waals surface area contributed by atoms with Crippen molar-refractivity contribution in [3.63, 3.8) is 0 Å². The number of benzene rings is 1. The van der Waals surface area contributed by atoms with Crippen LogP contribution >= 0.6 is 11.3 Å². The van der Waals surface area contributed by atoms with E-state index in [1.807, 2.05) is 0 Å². The molecule has 21 heavy (non-hydrogen) atoms. The van der Waals surface area contributed by atoms with Crippen LogP contribution in [-0.2, 0) is 0 Å². The lowest BCUT2D eigenvalue weighted by Crippen LogP contribution is -2.31. The van der Waals surface area contributed by atoms with Gasteiger partial charge in [-0.3, -0.25) is 0 Å². The molecule has 3 N–H and O–H groups in total. The number of thiazole rings is 1. The van der Waals surface area contributed by atoms with Crippen LogP contribution in [0.15, 0.2) is 29.8 Å². The van der Waals surface area contributed by atoms with Crippen molar-refractivity contribution in [3.05, 3.63) is 46.2 Å². The Bertz CT molecular complexity index is 661. The van der Waals surface area contributed by atoms with E-state index in [1.54, 1.807) is 18.5 Å². The zero-order valence-corrected chi connectivity index (χ0v) is 11.8. The fourth-order valence-corrected chi connectivity index (χ4v) is 2.29. The third kappa shape index (κ3) is 3.76. The number of hydrogen-bond acceptors (Lipinski definition) is 4. The summed E-state index contributed by atoms with van der Waals surface area (Å²) in [5.74, 6) is -2.25. The van der Waals surface area contributed by atoms with E-state index < -0.39 is 23.4 Å². The highest BCUT2D eigenvalue weighted by Crippen LogP contribution is 2.17. The summed E-state index contributed by atoms with van der Waals surface area (Å²) < 4.78 is 13.2. The number of anilines is 1. The Morgan fingerprint density at radius 3 is 2.81 bits per heavy atom. The number of urea groups is 1. The Hall–Kier alpha value is -2.48. The first kappa shape index (κ1) is 14.9. The van der Waals surface area contributed by atoms with Crippen LogP contribution in [0.5, 0.6) is 0 Å². The van der Waals surface area contributed by atoms with Gasteiger partial charge in [0.05, 0.1) is 11.6 Å². The number of amides is 2. The second kappa shape index (κ2) is 6.31. The fraction of sp³-hybridized carbons (Fsp3) is 0.154. The van der Waals surface area contributed by atoms with Gasteiger partial charge in [-0.2, -0.15) is 0 Å². The van der Waals surface area contributed by atoms with E-state index in [-0.39, 0.29) is 11.7 Å². The van der Waals surface area contributed by atoms with E-state index in [2.05, 4.69) is 15.6 Å². The van der Waals surface area contributed by atoms with Gasteiger partial charge in [-0.15, -0.1) is 11.3 Å². The van der Waals surface area contributed by atoms with Gasteiger partial charge < -0.3 is 15.7 Å². The first-order valence-corrected chi connectivity index (χ1v) is 6.85. The quantitative estimate of drug-likeness (QED) is 0.810. The van der Waals surface area contributed by atoms with Gasteiger partial charge in [0, 0.05) is 17.3 Å². The van der Waals surface area contributed by atoms with Crippen LogP contribution < -0.4 is 10.6 Å². The van der Waals surface area contributed by atoms with Crippen LogP contribution in [0, 0.1) is 5.82 Å². The van der Waals surface area contributed by atoms with Crippen molar-refractivity contribution in [1.82, 2.24) is 10.3 Å². The summed E-state index contributed by atoms with van der Waals surface area (Å²) in [4.78, 5) is 26.7. The van der Waals surface area contributed by atoms with Gasteiger partial charge >= 0.3 is 12.0 Å². The van der Waals surface area contributed by atoms with Crippen molar-refractivity contribution in [2.75, 3.05) is 5.32 Å². The Morgan fingerprint density at radius 1 is 1.43 bits per heavy atom. The second-order valence-corrected chi connectivity index (χ2v) is 5.12. The first-order valence-electron chi connectivity index (χ1n) is 5.97. The molecule has 1 aromatic carbocycles. The third-order valence-corrected chi connectivity index (χ3v) is 3.58. The molecule has 0 saturated heterocycles. The summed E-state index contributed by atoms with van der Waals surface area (Å²) in [5, 5.41) is 16.5. The van der Waals surface area contributed by atoms with Crippen LogP contribution in [0.4, 0.5) is 14.9 Å².